The largest absolute Gasteiger partial charge is 0.465 e. The number of esters is 1. The van der Waals surface area contributed by atoms with Crippen molar-refractivity contribution in [1.29, 1.82) is 5.26 Å². The first-order chi connectivity index (χ1) is 8.01. The number of methoxy groups -OCH3 is 1. The highest BCUT2D eigenvalue weighted by Gasteiger charge is 2.29. The number of allylic oxidation sites excluding steroid dienone is 1. The maximum absolute atomic E-state index is 11.7. The molecule has 17 heavy (non-hydrogen) atoms. The van der Waals surface area contributed by atoms with Gasteiger partial charge in [-0.2, -0.15) is 5.26 Å². The minimum atomic E-state index is -0.673. The minimum Gasteiger partial charge on any atom is -0.465 e. The van der Waals surface area contributed by atoms with Gasteiger partial charge in [0.25, 0.3) is 0 Å². The van der Waals surface area contributed by atoms with Gasteiger partial charge < -0.3 is 15.0 Å². The van der Waals surface area contributed by atoms with Gasteiger partial charge in [-0.15, -0.1) is 0 Å². The molecule has 1 amide bonds. The lowest BCUT2D eigenvalue weighted by Crippen LogP contribution is -2.39. The summed E-state index contributed by atoms with van der Waals surface area (Å²) in [6.07, 6.45) is 1.08. The SMILES string of the molecule is COC(=O)/C(C#N)=C1/CCC(C(=O)N(C)C)N1. The van der Waals surface area contributed by atoms with Gasteiger partial charge in [0.1, 0.15) is 12.1 Å². The molecule has 0 aliphatic carbocycles. The summed E-state index contributed by atoms with van der Waals surface area (Å²) >= 11 is 0. The van der Waals surface area contributed by atoms with Gasteiger partial charge in [0, 0.05) is 19.8 Å². The molecule has 1 atom stereocenters. The standard InChI is InChI=1S/C11H15N3O3/c1-14(2)10(15)9-5-4-8(13-9)7(6-12)11(16)17-3/h9,13H,4-5H2,1-3H3/b8-7-. The van der Waals surface area contributed by atoms with E-state index in [4.69, 9.17) is 5.26 Å². The van der Waals surface area contributed by atoms with E-state index < -0.39 is 5.97 Å². The molecule has 1 unspecified atom stereocenters. The number of rotatable bonds is 2. The normalized spacial score (nSPS) is 21.2. The van der Waals surface area contributed by atoms with Crippen molar-refractivity contribution in [3.8, 4) is 6.07 Å². The fourth-order valence-electron chi connectivity index (χ4n) is 1.68. The summed E-state index contributed by atoms with van der Waals surface area (Å²) in [6, 6.07) is 1.43. The van der Waals surface area contributed by atoms with Crippen LogP contribution in [0.2, 0.25) is 0 Å². The van der Waals surface area contributed by atoms with E-state index in [2.05, 4.69) is 10.1 Å². The predicted octanol–water partition coefficient (Wildman–Crippen LogP) is -0.223. The number of likely N-dealkylation sites (N-methyl/N-ethyl adjacent to an activating group) is 1. The zero-order chi connectivity index (χ0) is 13.0. The van der Waals surface area contributed by atoms with Crippen molar-refractivity contribution in [3.63, 3.8) is 0 Å². The molecule has 6 nitrogen and oxygen atoms in total. The first-order valence-electron chi connectivity index (χ1n) is 5.20. The van der Waals surface area contributed by atoms with E-state index in [9.17, 15) is 9.59 Å². The lowest BCUT2D eigenvalue weighted by atomic mass is 10.1. The van der Waals surface area contributed by atoms with Gasteiger partial charge in [0.15, 0.2) is 5.57 Å². The Bertz CT molecular complexity index is 407. The third-order valence-corrected chi connectivity index (χ3v) is 2.57. The van der Waals surface area contributed by atoms with Crippen LogP contribution in [0.5, 0.6) is 0 Å². The van der Waals surface area contributed by atoms with Crippen molar-refractivity contribution >= 4 is 11.9 Å². The third kappa shape index (κ3) is 2.75. The second kappa shape index (κ2) is 5.34. The maximum Gasteiger partial charge on any atom is 0.350 e. The van der Waals surface area contributed by atoms with Crippen molar-refractivity contribution < 1.29 is 14.3 Å². The quantitative estimate of drug-likeness (QED) is 0.408. The summed E-state index contributed by atoms with van der Waals surface area (Å²) in [6.45, 7) is 0. The van der Waals surface area contributed by atoms with Gasteiger partial charge in [-0.3, -0.25) is 4.79 Å². The Kier molecular flexibility index (Phi) is 4.10. The summed E-state index contributed by atoms with van der Waals surface area (Å²) < 4.78 is 4.50. The maximum atomic E-state index is 11.7. The van der Waals surface area contributed by atoms with E-state index in [0.717, 1.165) is 0 Å². The zero-order valence-corrected chi connectivity index (χ0v) is 10.1. The molecule has 1 rings (SSSR count). The first-order valence-corrected chi connectivity index (χ1v) is 5.20. The molecule has 0 saturated carbocycles. The molecule has 1 aliphatic heterocycles. The molecule has 1 saturated heterocycles. The second-order valence-electron chi connectivity index (χ2n) is 3.93. The molecular formula is C11H15N3O3. The van der Waals surface area contributed by atoms with Crippen LogP contribution in [0.3, 0.4) is 0 Å². The average molecular weight is 237 g/mol. The van der Waals surface area contributed by atoms with E-state index >= 15 is 0 Å². The fraction of sp³-hybridized carbons (Fsp3) is 0.545. The number of nitriles is 1. The molecule has 1 N–H and O–H groups in total. The highest BCUT2D eigenvalue weighted by molar-refractivity contribution is 5.94. The number of amides is 1. The lowest BCUT2D eigenvalue weighted by Gasteiger charge is -2.16. The smallest absolute Gasteiger partial charge is 0.350 e. The van der Waals surface area contributed by atoms with Crippen LogP contribution in [0.1, 0.15) is 12.8 Å². The van der Waals surface area contributed by atoms with E-state index in [1.807, 2.05) is 0 Å². The molecule has 0 bridgehead atoms. The second-order valence-corrected chi connectivity index (χ2v) is 3.93. The highest BCUT2D eigenvalue weighted by atomic mass is 16.5. The number of carbonyl (C=O) groups is 2. The molecule has 1 fully saturated rings. The molecular weight excluding hydrogens is 222 g/mol. The summed E-state index contributed by atoms with van der Waals surface area (Å²) in [5.41, 5.74) is 0.432. The van der Waals surface area contributed by atoms with E-state index in [1.165, 1.54) is 12.0 Å². The minimum absolute atomic E-state index is 0.0541. The Morgan fingerprint density at radius 3 is 2.65 bits per heavy atom. The van der Waals surface area contributed by atoms with Crippen LogP contribution in [0.4, 0.5) is 0 Å². The Morgan fingerprint density at radius 1 is 1.53 bits per heavy atom. The molecule has 0 aromatic carbocycles. The Hall–Kier alpha value is -2.03. The topological polar surface area (TPSA) is 82.4 Å². The van der Waals surface area contributed by atoms with Crippen LogP contribution in [0, 0.1) is 11.3 Å². The van der Waals surface area contributed by atoms with Crippen LogP contribution >= 0.6 is 0 Å². The van der Waals surface area contributed by atoms with Crippen molar-refractivity contribution in [2.75, 3.05) is 21.2 Å². The molecule has 1 aliphatic rings. The molecule has 0 aromatic heterocycles. The molecule has 6 heteroatoms. The summed E-state index contributed by atoms with van der Waals surface area (Å²) in [5, 5.41) is 11.8. The van der Waals surface area contributed by atoms with Gasteiger partial charge in [0.05, 0.1) is 7.11 Å². The molecule has 0 spiro atoms. The summed E-state index contributed by atoms with van der Waals surface area (Å²) in [4.78, 5) is 24.5. The van der Waals surface area contributed by atoms with Gasteiger partial charge >= 0.3 is 5.97 Å². The first kappa shape index (κ1) is 13.0. The van der Waals surface area contributed by atoms with Gasteiger partial charge in [-0.1, -0.05) is 0 Å². The molecule has 92 valence electrons. The average Bonchev–Trinajstić information content (AvgIpc) is 2.77. The number of hydrogen-bond acceptors (Lipinski definition) is 5. The van der Waals surface area contributed by atoms with Gasteiger partial charge in [-0.05, 0) is 12.8 Å². The number of ether oxygens (including phenoxy) is 1. The van der Waals surface area contributed by atoms with Crippen molar-refractivity contribution in [2.45, 2.75) is 18.9 Å². The van der Waals surface area contributed by atoms with Gasteiger partial charge in [-0.25, -0.2) is 4.79 Å². The van der Waals surface area contributed by atoms with Gasteiger partial charge in [0.2, 0.25) is 5.91 Å². The Labute approximate surface area is 99.8 Å². The van der Waals surface area contributed by atoms with Crippen LogP contribution < -0.4 is 5.32 Å². The number of nitrogens with one attached hydrogen (secondary N) is 1. The van der Waals surface area contributed by atoms with E-state index in [1.54, 1.807) is 20.2 Å². The van der Waals surface area contributed by atoms with Crippen LogP contribution in [-0.2, 0) is 14.3 Å². The number of nitrogens with zero attached hydrogens (tertiary/aromatic N) is 2. The van der Waals surface area contributed by atoms with Crippen molar-refractivity contribution in [3.05, 3.63) is 11.3 Å². The molecule has 0 aromatic rings. The van der Waals surface area contributed by atoms with Crippen LogP contribution in [0.25, 0.3) is 0 Å². The highest BCUT2D eigenvalue weighted by Crippen LogP contribution is 2.20. The third-order valence-electron chi connectivity index (χ3n) is 2.57. The Morgan fingerprint density at radius 2 is 2.18 bits per heavy atom. The fourth-order valence-corrected chi connectivity index (χ4v) is 1.68. The summed E-state index contributed by atoms with van der Waals surface area (Å²) in [5.74, 6) is -0.741. The van der Waals surface area contributed by atoms with Crippen molar-refractivity contribution in [1.82, 2.24) is 10.2 Å². The molecule has 0 radical (unpaired) electrons. The summed E-state index contributed by atoms with van der Waals surface area (Å²) in [7, 11) is 4.55. The molecule has 1 heterocycles. The zero-order valence-electron chi connectivity index (χ0n) is 10.1. The Balaban J connectivity index is 2.85. The van der Waals surface area contributed by atoms with Crippen LogP contribution in [0.15, 0.2) is 11.3 Å². The van der Waals surface area contributed by atoms with E-state index in [-0.39, 0.29) is 17.5 Å². The predicted molar refractivity (Wildman–Crippen MR) is 59.5 cm³/mol. The monoisotopic (exact) mass is 237 g/mol. The number of carbonyl (C=O) groups excluding carboxylic acids is 2. The van der Waals surface area contributed by atoms with Crippen LogP contribution in [-0.4, -0.2) is 44.0 Å². The number of hydrogen-bond donors (Lipinski definition) is 1. The lowest BCUT2D eigenvalue weighted by molar-refractivity contribution is -0.135. The van der Waals surface area contributed by atoms with E-state index in [0.29, 0.717) is 18.5 Å². The van der Waals surface area contributed by atoms with Crippen molar-refractivity contribution in [2.24, 2.45) is 0 Å².